The predicted molar refractivity (Wildman–Crippen MR) is 102 cm³/mol. The molecular formula is C19H25N3O2S. The van der Waals surface area contributed by atoms with Gasteiger partial charge in [0.15, 0.2) is 5.17 Å². The maximum atomic E-state index is 12.4. The number of nitrogens with zero attached hydrogens (tertiary/aromatic N) is 2. The zero-order chi connectivity index (χ0) is 17.6. The first kappa shape index (κ1) is 18.0. The number of carbonyl (C=O) groups is 2. The summed E-state index contributed by atoms with van der Waals surface area (Å²) in [5, 5.41) is 3.29. The van der Waals surface area contributed by atoms with Gasteiger partial charge in [-0.3, -0.25) is 14.5 Å². The highest BCUT2D eigenvalue weighted by Crippen LogP contribution is 2.30. The number of hydrogen-bond acceptors (Lipinski definition) is 4. The number of hydrogen-bond donors (Lipinski definition) is 1. The highest BCUT2D eigenvalue weighted by Gasteiger charge is 2.37. The van der Waals surface area contributed by atoms with Crippen LogP contribution in [0.15, 0.2) is 35.3 Å². The van der Waals surface area contributed by atoms with Gasteiger partial charge in [-0.05, 0) is 30.9 Å². The van der Waals surface area contributed by atoms with Crippen molar-refractivity contribution in [1.82, 2.24) is 10.2 Å². The van der Waals surface area contributed by atoms with Crippen LogP contribution in [0.25, 0.3) is 0 Å². The van der Waals surface area contributed by atoms with Gasteiger partial charge in [0, 0.05) is 20.0 Å². The standard InChI is InChI=1S/C19H25N3O2S/c1-22-18(24)16(25-19(22)21-15-10-6-3-7-11-15)12-17(23)20-13-14-8-4-2-5-9-14/h3,6-7,10-11,14,16H,2,4-5,8-9,12-13H2,1H3,(H,20,23)/t16-/m1/s1. The minimum absolute atomic E-state index is 0.0363. The molecule has 0 radical (unpaired) electrons. The second-order valence-corrected chi connectivity index (χ2v) is 7.92. The molecule has 1 atom stereocenters. The smallest absolute Gasteiger partial charge is 0.242 e. The van der Waals surface area contributed by atoms with Crippen LogP contribution in [-0.2, 0) is 9.59 Å². The molecule has 0 aromatic heterocycles. The normalized spacial score (nSPS) is 23.2. The van der Waals surface area contributed by atoms with Crippen molar-refractivity contribution in [3.8, 4) is 0 Å². The van der Waals surface area contributed by atoms with Crippen molar-refractivity contribution in [2.75, 3.05) is 13.6 Å². The van der Waals surface area contributed by atoms with Crippen molar-refractivity contribution in [3.05, 3.63) is 30.3 Å². The Morgan fingerprint density at radius 2 is 1.96 bits per heavy atom. The lowest BCUT2D eigenvalue weighted by Crippen LogP contribution is -2.34. The molecule has 0 spiro atoms. The quantitative estimate of drug-likeness (QED) is 0.877. The van der Waals surface area contributed by atoms with Gasteiger partial charge >= 0.3 is 0 Å². The molecule has 0 unspecified atom stereocenters. The summed E-state index contributed by atoms with van der Waals surface area (Å²) in [7, 11) is 1.72. The SMILES string of the molecule is CN1C(=O)[C@@H](CC(=O)NCC2CCCCC2)SC1=Nc1ccccc1. The van der Waals surface area contributed by atoms with Crippen molar-refractivity contribution in [2.45, 2.75) is 43.8 Å². The minimum atomic E-state index is -0.376. The Balaban J connectivity index is 1.53. The molecule has 2 fully saturated rings. The third kappa shape index (κ3) is 4.84. The number of nitrogens with one attached hydrogen (secondary N) is 1. The van der Waals surface area contributed by atoms with Crippen LogP contribution in [0.1, 0.15) is 38.5 Å². The number of thioether (sulfide) groups is 1. The van der Waals surface area contributed by atoms with E-state index in [0.29, 0.717) is 11.1 Å². The van der Waals surface area contributed by atoms with Crippen LogP contribution in [0, 0.1) is 5.92 Å². The van der Waals surface area contributed by atoms with Crippen molar-refractivity contribution in [2.24, 2.45) is 10.9 Å². The second-order valence-electron chi connectivity index (χ2n) is 6.75. The summed E-state index contributed by atoms with van der Waals surface area (Å²) in [4.78, 5) is 30.7. The molecule has 1 aromatic rings. The summed E-state index contributed by atoms with van der Waals surface area (Å²) in [5.74, 6) is 0.515. The third-order valence-corrected chi connectivity index (χ3v) is 6.03. The summed E-state index contributed by atoms with van der Waals surface area (Å²) >= 11 is 1.38. The Bertz CT molecular complexity index is 641. The van der Waals surface area contributed by atoms with Crippen LogP contribution in [0.5, 0.6) is 0 Å². The van der Waals surface area contributed by atoms with Crippen LogP contribution in [0.3, 0.4) is 0 Å². The zero-order valence-corrected chi connectivity index (χ0v) is 15.4. The van der Waals surface area contributed by atoms with Gasteiger partial charge < -0.3 is 5.32 Å². The Hall–Kier alpha value is -1.82. The van der Waals surface area contributed by atoms with E-state index >= 15 is 0 Å². The van der Waals surface area contributed by atoms with Gasteiger partial charge in [0.2, 0.25) is 11.8 Å². The Kier molecular flexibility index (Phi) is 6.13. The molecular weight excluding hydrogens is 334 g/mol. The van der Waals surface area contributed by atoms with Crippen molar-refractivity contribution in [1.29, 1.82) is 0 Å². The molecule has 1 aromatic carbocycles. The number of rotatable bonds is 5. The van der Waals surface area contributed by atoms with Gasteiger partial charge in [0.25, 0.3) is 0 Å². The van der Waals surface area contributed by atoms with Gasteiger partial charge in [-0.25, -0.2) is 4.99 Å². The van der Waals surface area contributed by atoms with Gasteiger partial charge in [0.1, 0.15) is 5.25 Å². The van der Waals surface area contributed by atoms with E-state index in [1.165, 1.54) is 43.9 Å². The van der Waals surface area contributed by atoms with Crippen molar-refractivity contribution >= 4 is 34.4 Å². The topological polar surface area (TPSA) is 61.8 Å². The molecule has 2 aliphatic rings. The fraction of sp³-hybridized carbons (Fsp3) is 0.526. The number of carbonyl (C=O) groups excluding carboxylic acids is 2. The van der Waals surface area contributed by atoms with Crippen LogP contribution in [0.4, 0.5) is 5.69 Å². The second kappa shape index (κ2) is 8.52. The number of para-hydroxylation sites is 1. The molecule has 0 bridgehead atoms. The molecule has 1 saturated carbocycles. The summed E-state index contributed by atoms with van der Waals surface area (Å²) in [6.45, 7) is 0.741. The molecule has 1 heterocycles. The Morgan fingerprint density at radius 1 is 1.24 bits per heavy atom. The maximum absolute atomic E-state index is 12.4. The molecule has 6 heteroatoms. The van der Waals surface area contributed by atoms with E-state index in [4.69, 9.17) is 0 Å². The average Bonchev–Trinajstić information content (AvgIpc) is 2.90. The van der Waals surface area contributed by atoms with Crippen LogP contribution >= 0.6 is 11.8 Å². The molecule has 1 aliphatic carbocycles. The molecule has 5 nitrogen and oxygen atoms in total. The summed E-state index contributed by atoms with van der Waals surface area (Å²) < 4.78 is 0. The maximum Gasteiger partial charge on any atom is 0.242 e. The minimum Gasteiger partial charge on any atom is -0.356 e. The van der Waals surface area contributed by atoms with E-state index in [9.17, 15) is 9.59 Å². The lowest BCUT2D eigenvalue weighted by Gasteiger charge is -2.21. The van der Waals surface area contributed by atoms with Crippen LogP contribution in [-0.4, -0.2) is 40.7 Å². The summed E-state index contributed by atoms with van der Waals surface area (Å²) in [5.41, 5.74) is 0.812. The first-order valence-corrected chi connectivity index (χ1v) is 9.86. The lowest BCUT2D eigenvalue weighted by molar-refractivity contribution is -0.128. The predicted octanol–water partition coefficient (Wildman–Crippen LogP) is 3.33. The fourth-order valence-corrected chi connectivity index (χ4v) is 4.45. The molecule has 2 amide bonds. The van der Waals surface area contributed by atoms with Gasteiger partial charge in [-0.15, -0.1) is 0 Å². The van der Waals surface area contributed by atoms with E-state index in [2.05, 4.69) is 10.3 Å². The zero-order valence-electron chi connectivity index (χ0n) is 14.6. The van der Waals surface area contributed by atoms with Crippen LogP contribution < -0.4 is 5.32 Å². The number of amides is 2. The lowest BCUT2D eigenvalue weighted by atomic mass is 9.89. The first-order valence-electron chi connectivity index (χ1n) is 8.98. The average molecular weight is 359 g/mol. The number of benzene rings is 1. The summed E-state index contributed by atoms with van der Waals surface area (Å²) in [6.07, 6.45) is 6.47. The molecule has 25 heavy (non-hydrogen) atoms. The highest BCUT2D eigenvalue weighted by atomic mass is 32.2. The summed E-state index contributed by atoms with van der Waals surface area (Å²) in [6, 6.07) is 9.56. The van der Waals surface area contributed by atoms with E-state index in [1.54, 1.807) is 11.9 Å². The van der Waals surface area contributed by atoms with E-state index in [1.807, 2.05) is 30.3 Å². The Morgan fingerprint density at radius 3 is 2.68 bits per heavy atom. The molecule has 1 N–H and O–H groups in total. The van der Waals surface area contributed by atoms with E-state index in [0.717, 1.165) is 12.2 Å². The monoisotopic (exact) mass is 359 g/mol. The van der Waals surface area contributed by atoms with Crippen molar-refractivity contribution in [3.63, 3.8) is 0 Å². The first-order chi connectivity index (χ1) is 12.1. The van der Waals surface area contributed by atoms with E-state index < -0.39 is 0 Å². The van der Waals surface area contributed by atoms with Gasteiger partial charge in [-0.2, -0.15) is 0 Å². The van der Waals surface area contributed by atoms with Crippen molar-refractivity contribution < 1.29 is 9.59 Å². The van der Waals surface area contributed by atoms with Gasteiger partial charge in [0.05, 0.1) is 5.69 Å². The highest BCUT2D eigenvalue weighted by molar-refractivity contribution is 8.15. The van der Waals surface area contributed by atoms with Gasteiger partial charge in [-0.1, -0.05) is 49.2 Å². The number of aliphatic imine (C=N–C) groups is 1. The van der Waals surface area contributed by atoms with Crippen LogP contribution in [0.2, 0.25) is 0 Å². The number of amidine groups is 1. The molecule has 1 aliphatic heterocycles. The molecule has 1 saturated heterocycles. The molecule has 134 valence electrons. The Labute approximate surface area is 153 Å². The largest absolute Gasteiger partial charge is 0.356 e. The molecule has 3 rings (SSSR count). The fourth-order valence-electron chi connectivity index (χ4n) is 3.30. The third-order valence-electron chi connectivity index (χ3n) is 4.80. The van der Waals surface area contributed by atoms with E-state index in [-0.39, 0.29) is 23.5 Å².